The summed E-state index contributed by atoms with van der Waals surface area (Å²) in [5, 5.41) is 11.2. The molecular weight excluding hydrogens is 332 g/mol. The Morgan fingerprint density at radius 3 is 2.62 bits per heavy atom. The minimum absolute atomic E-state index is 0.0352. The van der Waals surface area contributed by atoms with Crippen LogP contribution in [0.4, 0.5) is 5.69 Å². The first-order valence-electron chi connectivity index (χ1n) is 7.01. The summed E-state index contributed by atoms with van der Waals surface area (Å²) in [6, 6.07) is 9.15. The fourth-order valence-electron chi connectivity index (χ4n) is 2.38. The van der Waals surface area contributed by atoms with Crippen molar-refractivity contribution in [1.29, 1.82) is 0 Å². The van der Waals surface area contributed by atoms with Crippen molar-refractivity contribution in [1.82, 2.24) is 14.3 Å². The normalized spacial score (nSPS) is 11.9. The van der Waals surface area contributed by atoms with Crippen LogP contribution in [0.2, 0.25) is 0 Å². The van der Waals surface area contributed by atoms with Gasteiger partial charge in [-0.2, -0.15) is 4.31 Å². The first-order chi connectivity index (χ1) is 11.4. The van der Waals surface area contributed by atoms with Crippen molar-refractivity contribution in [2.75, 3.05) is 7.05 Å². The monoisotopic (exact) mass is 346 g/mol. The molecule has 0 bridgehead atoms. The van der Waals surface area contributed by atoms with Crippen LogP contribution in [0.15, 0.2) is 53.7 Å². The molecule has 9 heteroatoms. The number of nitrogens with one attached hydrogen (secondary N) is 1. The zero-order chi connectivity index (χ0) is 17.3. The number of hydrogen-bond acceptors (Lipinski definition) is 5. The number of non-ortho nitro benzene ring substituents is 1. The van der Waals surface area contributed by atoms with Crippen molar-refractivity contribution < 1.29 is 13.3 Å². The molecule has 0 atom stereocenters. The number of nitro groups is 1. The number of pyridine rings is 1. The van der Waals surface area contributed by atoms with Gasteiger partial charge in [-0.25, -0.2) is 13.4 Å². The van der Waals surface area contributed by atoms with Gasteiger partial charge in [0.1, 0.15) is 10.5 Å². The number of aromatic amines is 1. The third kappa shape index (κ3) is 2.86. The molecule has 3 aromatic rings. The summed E-state index contributed by atoms with van der Waals surface area (Å²) in [5.74, 6) is 0. The standard InChI is InChI=1S/C15H14N4O4S/c1-18(10-11-4-6-12(7-5-11)19(20)21)24(22,23)14-9-17-15-13(14)3-2-8-16-15/h2-9H,10H2,1H3,(H,16,17). The summed E-state index contributed by atoms with van der Waals surface area (Å²) >= 11 is 0. The van der Waals surface area contributed by atoms with Gasteiger partial charge in [-0.15, -0.1) is 0 Å². The molecule has 8 nitrogen and oxygen atoms in total. The van der Waals surface area contributed by atoms with Crippen LogP contribution in [0.25, 0.3) is 11.0 Å². The van der Waals surface area contributed by atoms with Crippen LogP contribution < -0.4 is 0 Å². The number of nitrogens with zero attached hydrogens (tertiary/aromatic N) is 3. The second-order valence-electron chi connectivity index (χ2n) is 5.24. The van der Waals surface area contributed by atoms with E-state index >= 15 is 0 Å². The Balaban J connectivity index is 1.88. The van der Waals surface area contributed by atoms with Crippen molar-refractivity contribution in [3.05, 3.63) is 64.5 Å². The maximum Gasteiger partial charge on any atom is 0.269 e. The van der Waals surface area contributed by atoms with Crippen molar-refractivity contribution in [3.8, 4) is 0 Å². The summed E-state index contributed by atoms with van der Waals surface area (Å²) in [4.78, 5) is 17.2. The highest BCUT2D eigenvalue weighted by Crippen LogP contribution is 2.24. The summed E-state index contributed by atoms with van der Waals surface area (Å²) in [6.07, 6.45) is 3.00. The van der Waals surface area contributed by atoms with Crippen LogP contribution >= 0.6 is 0 Å². The number of nitro benzene ring substituents is 1. The summed E-state index contributed by atoms with van der Waals surface area (Å²) < 4.78 is 26.7. The molecule has 0 spiro atoms. The largest absolute Gasteiger partial charge is 0.345 e. The van der Waals surface area contributed by atoms with Gasteiger partial charge < -0.3 is 4.98 Å². The number of fused-ring (bicyclic) bond motifs is 1. The Kier molecular flexibility index (Phi) is 4.04. The van der Waals surface area contributed by atoms with Gasteiger partial charge in [-0.1, -0.05) is 12.1 Å². The first-order valence-corrected chi connectivity index (χ1v) is 8.45. The Hall–Kier alpha value is -2.78. The minimum atomic E-state index is -3.72. The molecule has 0 unspecified atom stereocenters. The smallest absolute Gasteiger partial charge is 0.269 e. The van der Waals surface area contributed by atoms with Crippen LogP contribution in [0.5, 0.6) is 0 Å². The molecule has 124 valence electrons. The Morgan fingerprint density at radius 1 is 1.25 bits per heavy atom. The lowest BCUT2D eigenvalue weighted by molar-refractivity contribution is -0.384. The van der Waals surface area contributed by atoms with E-state index in [2.05, 4.69) is 9.97 Å². The number of aromatic nitrogens is 2. The zero-order valence-electron chi connectivity index (χ0n) is 12.7. The Bertz CT molecular complexity index is 996. The summed E-state index contributed by atoms with van der Waals surface area (Å²) in [5.41, 5.74) is 1.12. The molecular formula is C15H14N4O4S. The van der Waals surface area contributed by atoms with E-state index in [9.17, 15) is 18.5 Å². The lowest BCUT2D eigenvalue weighted by Crippen LogP contribution is -2.26. The summed E-state index contributed by atoms with van der Waals surface area (Å²) in [6.45, 7) is 0.104. The topological polar surface area (TPSA) is 109 Å². The van der Waals surface area contributed by atoms with Gasteiger partial charge in [0.15, 0.2) is 0 Å². The third-order valence-electron chi connectivity index (χ3n) is 3.65. The molecule has 2 heterocycles. The third-order valence-corrected chi connectivity index (χ3v) is 5.50. The molecule has 0 aliphatic carbocycles. The van der Waals surface area contributed by atoms with E-state index in [0.717, 1.165) is 0 Å². The Morgan fingerprint density at radius 2 is 1.96 bits per heavy atom. The van der Waals surface area contributed by atoms with E-state index in [-0.39, 0.29) is 17.1 Å². The molecule has 2 aromatic heterocycles. The molecule has 24 heavy (non-hydrogen) atoms. The molecule has 0 amide bonds. The van der Waals surface area contributed by atoms with Crippen molar-refractivity contribution >= 4 is 26.7 Å². The molecule has 3 rings (SSSR count). The second-order valence-corrected chi connectivity index (χ2v) is 7.25. The average Bonchev–Trinajstić information content (AvgIpc) is 3.00. The highest BCUT2D eigenvalue weighted by Gasteiger charge is 2.24. The average molecular weight is 346 g/mol. The molecule has 1 aromatic carbocycles. The number of sulfonamides is 1. The molecule has 0 aliphatic heterocycles. The lowest BCUT2D eigenvalue weighted by Gasteiger charge is -2.16. The van der Waals surface area contributed by atoms with Crippen LogP contribution in [-0.2, 0) is 16.6 Å². The number of benzene rings is 1. The fraction of sp³-hybridized carbons (Fsp3) is 0.133. The molecule has 0 fully saturated rings. The van der Waals surface area contributed by atoms with Gasteiger partial charge in [-0.3, -0.25) is 10.1 Å². The fourth-order valence-corrected chi connectivity index (χ4v) is 3.68. The molecule has 0 saturated carbocycles. The number of rotatable bonds is 5. The number of H-pyrrole nitrogens is 1. The molecule has 0 aliphatic rings. The van der Waals surface area contributed by atoms with Gasteiger partial charge in [0.2, 0.25) is 10.0 Å². The van der Waals surface area contributed by atoms with E-state index in [1.54, 1.807) is 30.5 Å². The summed E-state index contributed by atoms with van der Waals surface area (Å²) in [7, 11) is -2.25. The van der Waals surface area contributed by atoms with Crippen molar-refractivity contribution in [2.45, 2.75) is 11.4 Å². The van der Waals surface area contributed by atoms with E-state index in [1.807, 2.05) is 0 Å². The predicted octanol–water partition coefficient (Wildman–Crippen LogP) is 2.29. The van der Waals surface area contributed by atoms with Crippen molar-refractivity contribution in [3.63, 3.8) is 0 Å². The quantitative estimate of drug-likeness (QED) is 0.563. The second kappa shape index (κ2) is 6.02. The van der Waals surface area contributed by atoms with E-state index in [4.69, 9.17) is 0 Å². The van der Waals surface area contributed by atoms with Crippen LogP contribution in [0, 0.1) is 10.1 Å². The molecule has 0 saturated heterocycles. The molecule has 1 N–H and O–H groups in total. The van der Waals surface area contributed by atoms with Gasteiger partial charge in [0, 0.05) is 43.5 Å². The van der Waals surface area contributed by atoms with E-state index in [1.165, 1.54) is 29.7 Å². The van der Waals surface area contributed by atoms with Crippen LogP contribution in [-0.4, -0.2) is 34.7 Å². The van der Waals surface area contributed by atoms with Gasteiger partial charge >= 0.3 is 0 Å². The maximum atomic E-state index is 12.8. The highest BCUT2D eigenvalue weighted by molar-refractivity contribution is 7.89. The van der Waals surface area contributed by atoms with E-state index in [0.29, 0.717) is 16.6 Å². The minimum Gasteiger partial charge on any atom is -0.345 e. The van der Waals surface area contributed by atoms with Crippen LogP contribution in [0.3, 0.4) is 0 Å². The SMILES string of the molecule is CN(Cc1ccc([N+](=O)[O-])cc1)S(=O)(=O)c1c[nH]c2ncccc12. The maximum absolute atomic E-state index is 12.8. The predicted molar refractivity (Wildman–Crippen MR) is 87.8 cm³/mol. The Labute approximate surface area is 138 Å². The first kappa shape index (κ1) is 16.1. The number of hydrogen-bond donors (Lipinski definition) is 1. The highest BCUT2D eigenvalue weighted by atomic mass is 32.2. The van der Waals surface area contributed by atoms with Gasteiger partial charge in [0.05, 0.1) is 4.92 Å². The van der Waals surface area contributed by atoms with Gasteiger partial charge in [0.25, 0.3) is 5.69 Å². The zero-order valence-corrected chi connectivity index (χ0v) is 13.5. The van der Waals surface area contributed by atoms with Gasteiger partial charge in [-0.05, 0) is 17.7 Å². The molecule has 0 radical (unpaired) electrons. The van der Waals surface area contributed by atoms with Crippen LogP contribution in [0.1, 0.15) is 5.56 Å². The van der Waals surface area contributed by atoms with E-state index < -0.39 is 14.9 Å². The lowest BCUT2D eigenvalue weighted by atomic mass is 10.2. The van der Waals surface area contributed by atoms with Crippen molar-refractivity contribution in [2.24, 2.45) is 0 Å².